The van der Waals surface area contributed by atoms with Gasteiger partial charge in [-0.15, -0.1) is 0 Å². The lowest BCUT2D eigenvalue weighted by Crippen LogP contribution is -2.11. The third-order valence-electron chi connectivity index (χ3n) is 9.56. The van der Waals surface area contributed by atoms with Crippen molar-refractivity contribution in [1.29, 1.82) is 10.5 Å². The number of hydrogen-bond donors (Lipinski definition) is 0. The lowest BCUT2D eigenvalue weighted by Gasteiger charge is -2.27. The van der Waals surface area contributed by atoms with Gasteiger partial charge in [0.05, 0.1) is 22.5 Å². The predicted octanol–water partition coefficient (Wildman–Crippen LogP) is 12.2. The first kappa shape index (κ1) is 31.3. The summed E-state index contributed by atoms with van der Waals surface area (Å²) in [5.74, 6) is 0. The molecule has 4 nitrogen and oxygen atoms in total. The number of pyridine rings is 1. The van der Waals surface area contributed by atoms with Gasteiger partial charge in [0, 0.05) is 33.8 Å². The van der Waals surface area contributed by atoms with E-state index in [0.29, 0.717) is 28.1 Å². The van der Waals surface area contributed by atoms with Crippen molar-refractivity contribution in [2.75, 3.05) is 4.90 Å². The molecule has 0 saturated heterocycles. The van der Waals surface area contributed by atoms with Gasteiger partial charge in [0.15, 0.2) is 0 Å². The topological polar surface area (TPSA) is 63.7 Å². The van der Waals surface area contributed by atoms with Crippen LogP contribution < -0.4 is 4.90 Å². The van der Waals surface area contributed by atoms with Crippen molar-refractivity contribution in [2.45, 2.75) is 13.8 Å². The van der Waals surface area contributed by atoms with Gasteiger partial charge in [-0.1, -0.05) is 121 Å². The van der Waals surface area contributed by atoms with E-state index in [0.717, 1.165) is 66.4 Å². The van der Waals surface area contributed by atoms with Crippen molar-refractivity contribution < 1.29 is 0 Å². The number of aryl methyl sites for hydroxylation is 2. The normalized spacial score (nSPS) is 10.9. The average molecular weight is 653 g/mol. The van der Waals surface area contributed by atoms with Gasteiger partial charge in [0.25, 0.3) is 0 Å². The zero-order valence-electron chi connectivity index (χ0n) is 28.3. The molecule has 240 valence electrons. The fraction of sp³-hybridized carbons (Fsp3) is 0.0426. The molecule has 0 fully saturated rings. The summed E-state index contributed by atoms with van der Waals surface area (Å²) in [5, 5.41) is 26.2. The number of nitriles is 2. The Morgan fingerprint density at radius 1 is 0.451 bits per heavy atom. The summed E-state index contributed by atoms with van der Waals surface area (Å²) in [6.07, 6.45) is 0. The highest BCUT2D eigenvalue weighted by molar-refractivity contribution is 6.03. The average Bonchev–Trinajstić information content (AvgIpc) is 3.17. The highest BCUT2D eigenvalue weighted by Crippen LogP contribution is 2.45. The Morgan fingerprint density at radius 2 is 0.863 bits per heavy atom. The molecule has 7 aromatic carbocycles. The maximum atomic E-state index is 11.1. The largest absolute Gasteiger partial charge is 0.310 e. The predicted molar refractivity (Wildman–Crippen MR) is 209 cm³/mol. The molecular formula is C47H32N4. The van der Waals surface area contributed by atoms with Gasteiger partial charge in [-0.05, 0) is 88.5 Å². The lowest BCUT2D eigenvalue weighted by atomic mass is 9.84. The number of anilines is 3. The van der Waals surface area contributed by atoms with E-state index < -0.39 is 0 Å². The van der Waals surface area contributed by atoms with Crippen LogP contribution in [-0.4, -0.2) is 4.98 Å². The van der Waals surface area contributed by atoms with Crippen molar-refractivity contribution >= 4 is 38.6 Å². The second-order valence-corrected chi connectivity index (χ2v) is 12.7. The molecule has 0 aliphatic rings. The minimum atomic E-state index is 0.383. The third-order valence-corrected chi connectivity index (χ3v) is 9.56. The first-order valence-corrected chi connectivity index (χ1v) is 16.9. The molecule has 0 radical (unpaired) electrons. The van der Waals surface area contributed by atoms with Crippen molar-refractivity contribution in [3.63, 3.8) is 0 Å². The molecule has 0 amide bonds. The van der Waals surface area contributed by atoms with E-state index in [1.54, 1.807) is 0 Å². The molecule has 8 rings (SSSR count). The van der Waals surface area contributed by atoms with Gasteiger partial charge in [-0.25, -0.2) is 4.98 Å². The van der Waals surface area contributed by atoms with E-state index >= 15 is 0 Å². The van der Waals surface area contributed by atoms with Gasteiger partial charge in [0.2, 0.25) is 0 Å². The zero-order valence-corrected chi connectivity index (χ0v) is 28.3. The van der Waals surface area contributed by atoms with Crippen LogP contribution in [0.3, 0.4) is 0 Å². The Labute approximate surface area is 297 Å². The SMILES string of the molecule is Cc1cc(N(c2ccccc2)c2ccccc2)cc(C)c1-c1c(C#N)c(-c2cccc3ccccc23)nc(-c2cccc3ccccc23)c1C#N. The second-order valence-electron chi connectivity index (χ2n) is 12.7. The summed E-state index contributed by atoms with van der Waals surface area (Å²) in [4.78, 5) is 7.50. The van der Waals surface area contributed by atoms with E-state index in [9.17, 15) is 10.5 Å². The lowest BCUT2D eigenvalue weighted by molar-refractivity contribution is 1.24. The fourth-order valence-electron chi connectivity index (χ4n) is 7.37. The molecule has 0 N–H and O–H groups in total. The van der Waals surface area contributed by atoms with Crippen molar-refractivity contribution in [2.24, 2.45) is 0 Å². The molecule has 51 heavy (non-hydrogen) atoms. The van der Waals surface area contributed by atoms with Crippen LogP contribution in [0.5, 0.6) is 0 Å². The number of fused-ring (bicyclic) bond motifs is 2. The van der Waals surface area contributed by atoms with Gasteiger partial charge in [-0.2, -0.15) is 10.5 Å². The molecular weight excluding hydrogens is 621 g/mol. The minimum absolute atomic E-state index is 0.383. The van der Waals surface area contributed by atoms with Crippen molar-refractivity contribution in [3.8, 4) is 45.8 Å². The number of aromatic nitrogens is 1. The molecule has 0 saturated carbocycles. The number of hydrogen-bond acceptors (Lipinski definition) is 4. The van der Waals surface area contributed by atoms with Crippen LogP contribution in [0.15, 0.2) is 158 Å². The Bertz CT molecular complexity index is 2490. The molecule has 1 aromatic heterocycles. The van der Waals surface area contributed by atoms with E-state index in [4.69, 9.17) is 4.98 Å². The Kier molecular flexibility index (Phi) is 8.05. The summed E-state index contributed by atoms with van der Waals surface area (Å²) in [6, 6.07) is 58.5. The quantitative estimate of drug-likeness (QED) is 0.179. The molecule has 0 atom stereocenters. The van der Waals surface area contributed by atoms with E-state index in [1.807, 2.05) is 84.9 Å². The zero-order chi connectivity index (χ0) is 34.9. The molecule has 0 aliphatic carbocycles. The Balaban J connectivity index is 1.46. The second kappa shape index (κ2) is 13.1. The molecule has 0 bridgehead atoms. The monoisotopic (exact) mass is 652 g/mol. The smallest absolute Gasteiger partial charge is 0.102 e. The summed E-state index contributed by atoms with van der Waals surface area (Å²) < 4.78 is 0. The number of benzene rings is 7. The molecule has 0 unspecified atom stereocenters. The first-order valence-electron chi connectivity index (χ1n) is 16.9. The van der Waals surface area contributed by atoms with Gasteiger partial charge >= 0.3 is 0 Å². The van der Waals surface area contributed by atoms with Crippen LogP contribution in [0, 0.1) is 36.5 Å². The summed E-state index contributed by atoms with van der Waals surface area (Å²) in [7, 11) is 0. The van der Waals surface area contributed by atoms with Gasteiger partial charge in [0.1, 0.15) is 12.1 Å². The fourth-order valence-corrected chi connectivity index (χ4v) is 7.37. The third kappa shape index (κ3) is 5.46. The van der Waals surface area contributed by atoms with E-state index in [-0.39, 0.29) is 0 Å². The maximum Gasteiger partial charge on any atom is 0.102 e. The number of para-hydroxylation sites is 2. The van der Waals surface area contributed by atoms with Crippen LogP contribution in [0.1, 0.15) is 22.3 Å². The molecule has 0 spiro atoms. The summed E-state index contributed by atoms with van der Waals surface area (Å²) in [6.45, 7) is 4.13. The number of nitrogens with zero attached hydrogens (tertiary/aromatic N) is 4. The van der Waals surface area contributed by atoms with E-state index in [2.05, 4.69) is 104 Å². The minimum Gasteiger partial charge on any atom is -0.310 e. The maximum absolute atomic E-state index is 11.1. The highest BCUT2D eigenvalue weighted by Gasteiger charge is 2.27. The number of rotatable bonds is 6. The Morgan fingerprint density at radius 3 is 1.31 bits per heavy atom. The molecule has 0 aliphatic heterocycles. The molecule has 4 heteroatoms. The standard InChI is InChI=1S/C47H32N4/c1-31-27-37(51(35-19-5-3-6-20-35)36-21-7-4-8-22-36)28-32(2)44(31)45-42(29-48)46(40-25-13-17-33-15-9-11-23-38(33)40)50-47(43(45)30-49)41-26-14-18-34-16-10-12-24-39(34)41/h3-28H,1-2H3. The molecule has 1 heterocycles. The Hall–Kier alpha value is -7.01. The van der Waals surface area contributed by atoms with Gasteiger partial charge < -0.3 is 4.90 Å². The summed E-state index contributed by atoms with van der Waals surface area (Å²) >= 11 is 0. The molecule has 8 aromatic rings. The van der Waals surface area contributed by atoms with Crippen LogP contribution in [0.4, 0.5) is 17.1 Å². The highest BCUT2D eigenvalue weighted by atomic mass is 15.1. The van der Waals surface area contributed by atoms with Crippen molar-refractivity contribution in [1.82, 2.24) is 4.98 Å². The van der Waals surface area contributed by atoms with Crippen molar-refractivity contribution in [3.05, 3.63) is 180 Å². The van der Waals surface area contributed by atoms with Crippen LogP contribution >= 0.6 is 0 Å². The van der Waals surface area contributed by atoms with E-state index in [1.165, 1.54) is 0 Å². The van der Waals surface area contributed by atoms with Crippen LogP contribution in [-0.2, 0) is 0 Å². The van der Waals surface area contributed by atoms with Gasteiger partial charge in [-0.3, -0.25) is 0 Å². The summed E-state index contributed by atoms with van der Waals surface area (Å²) in [5.41, 5.74) is 10.0. The van der Waals surface area contributed by atoms with Crippen LogP contribution in [0.25, 0.3) is 55.2 Å². The van der Waals surface area contributed by atoms with Crippen LogP contribution in [0.2, 0.25) is 0 Å². The first-order chi connectivity index (χ1) is 25.1.